The van der Waals surface area contributed by atoms with Crippen LogP contribution in [0.1, 0.15) is 46.4 Å². The molecule has 0 spiro atoms. The highest BCUT2D eigenvalue weighted by Crippen LogP contribution is 2.12. The van der Waals surface area contributed by atoms with Crippen LogP contribution in [-0.4, -0.2) is 41.7 Å². The Morgan fingerprint density at radius 2 is 2.04 bits per heavy atom. The van der Waals surface area contributed by atoms with E-state index >= 15 is 0 Å². The molecular formula is C17H28FN3O2. The van der Waals surface area contributed by atoms with Gasteiger partial charge in [0.2, 0.25) is 0 Å². The molecule has 0 radical (unpaired) electrons. The second-order valence-electron chi connectivity index (χ2n) is 7.00. The van der Waals surface area contributed by atoms with Gasteiger partial charge in [0.05, 0.1) is 11.9 Å². The highest BCUT2D eigenvalue weighted by Gasteiger charge is 2.21. The SMILES string of the molecule is CC(CNC(C)c1ccc(F)cn1)CN(C)C(=O)OC(C)(C)C. The van der Waals surface area contributed by atoms with Crippen LogP contribution in [0.15, 0.2) is 18.3 Å². The van der Waals surface area contributed by atoms with E-state index in [1.54, 1.807) is 18.0 Å². The summed E-state index contributed by atoms with van der Waals surface area (Å²) in [6, 6.07) is 3.09. The lowest BCUT2D eigenvalue weighted by atomic mass is 10.1. The van der Waals surface area contributed by atoms with Gasteiger partial charge in [-0.1, -0.05) is 6.92 Å². The predicted octanol–water partition coefficient (Wildman–Crippen LogP) is 3.37. The maximum Gasteiger partial charge on any atom is 0.410 e. The Morgan fingerprint density at radius 3 is 2.57 bits per heavy atom. The van der Waals surface area contributed by atoms with Gasteiger partial charge in [0.25, 0.3) is 0 Å². The van der Waals surface area contributed by atoms with Crippen LogP contribution >= 0.6 is 0 Å². The zero-order valence-electron chi connectivity index (χ0n) is 14.9. The molecule has 130 valence electrons. The Balaban J connectivity index is 2.40. The second-order valence-corrected chi connectivity index (χ2v) is 7.00. The molecule has 0 fully saturated rings. The summed E-state index contributed by atoms with van der Waals surface area (Å²) >= 11 is 0. The predicted molar refractivity (Wildman–Crippen MR) is 88.6 cm³/mol. The number of hydrogen-bond acceptors (Lipinski definition) is 4. The molecular weight excluding hydrogens is 297 g/mol. The number of carbonyl (C=O) groups is 1. The summed E-state index contributed by atoms with van der Waals surface area (Å²) in [7, 11) is 1.73. The minimum atomic E-state index is -0.490. The molecule has 1 aromatic heterocycles. The molecule has 5 nitrogen and oxygen atoms in total. The lowest BCUT2D eigenvalue weighted by Crippen LogP contribution is -2.38. The Kier molecular flexibility index (Phi) is 6.94. The zero-order chi connectivity index (χ0) is 17.6. The van der Waals surface area contributed by atoms with Crippen molar-refractivity contribution in [1.29, 1.82) is 0 Å². The Morgan fingerprint density at radius 1 is 1.39 bits per heavy atom. The number of hydrogen-bond donors (Lipinski definition) is 1. The van der Waals surface area contributed by atoms with Crippen molar-refractivity contribution >= 4 is 6.09 Å². The lowest BCUT2D eigenvalue weighted by Gasteiger charge is -2.27. The number of carbonyl (C=O) groups excluding carboxylic acids is 1. The van der Waals surface area contributed by atoms with Crippen LogP contribution in [0, 0.1) is 11.7 Å². The van der Waals surface area contributed by atoms with Crippen molar-refractivity contribution in [3.63, 3.8) is 0 Å². The molecule has 1 amide bonds. The second kappa shape index (κ2) is 8.24. The van der Waals surface area contributed by atoms with E-state index < -0.39 is 5.60 Å². The molecule has 0 aliphatic rings. The van der Waals surface area contributed by atoms with Crippen molar-refractivity contribution < 1.29 is 13.9 Å². The van der Waals surface area contributed by atoms with Crippen molar-refractivity contribution in [3.05, 3.63) is 29.8 Å². The van der Waals surface area contributed by atoms with E-state index in [2.05, 4.69) is 17.2 Å². The van der Waals surface area contributed by atoms with Crippen LogP contribution in [0.25, 0.3) is 0 Å². The fourth-order valence-electron chi connectivity index (χ4n) is 2.07. The Labute approximate surface area is 138 Å². The van der Waals surface area contributed by atoms with Gasteiger partial charge in [-0.05, 0) is 52.3 Å². The number of halogens is 1. The van der Waals surface area contributed by atoms with Gasteiger partial charge >= 0.3 is 6.09 Å². The number of rotatable bonds is 6. The van der Waals surface area contributed by atoms with Crippen molar-refractivity contribution in [2.75, 3.05) is 20.1 Å². The summed E-state index contributed by atoms with van der Waals surface area (Å²) in [5.41, 5.74) is 0.300. The molecule has 1 aromatic rings. The van der Waals surface area contributed by atoms with Crippen molar-refractivity contribution in [2.24, 2.45) is 5.92 Å². The number of amides is 1. The monoisotopic (exact) mass is 325 g/mol. The van der Waals surface area contributed by atoms with Crippen LogP contribution in [0.3, 0.4) is 0 Å². The number of aromatic nitrogens is 1. The quantitative estimate of drug-likeness (QED) is 0.871. The molecule has 0 aliphatic heterocycles. The van der Waals surface area contributed by atoms with E-state index in [1.807, 2.05) is 27.7 Å². The van der Waals surface area contributed by atoms with E-state index in [-0.39, 0.29) is 23.9 Å². The summed E-state index contributed by atoms with van der Waals surface area (Å²) in [6.07, 6.45) is 0.894. The van der Waals surface area contributed by atoms with Gasteiger partial charge in [-0.2, -0.15) is 0 Å². The third-order valence-electron chi connectivity index (χ3n) is 3.26. The number of nitrogens with one attached hydrogen (secondary N) is 1. The van der Waals surface area contributed by atoms with E-state index in [9.17, 15) is 9.18 Å². The zero-order valence-corrected chi connectivity index (χ0v) is 14.9. The highest BCUT2D eigenvalue weighted by molar-refractivity contribution is 5.67. The van der Waals surface area contributed by atoms with Gasteiger partial charge in [-0.15, -0.1) is 0 Å². The van der Waals surface area contributed by atoms with Crippen LogP contribution in [0.4, 0.5) is 9.18 Å². The van der Waals surface area contributed by atoms with Crippen LogP contribution in [-0.2, 0) is 4.74 Å². The summed E-state index contributed by atoms with van der Waals surface area (Å²) in [4.78, 5) is 17.6. The van der Waals surface area contributed by atoms with E-state index in [4.69, 9.17) is 4.74 Å². The maximum absolute atomic E-state index is 12.9. The summed E-state index contributed by atoms with van der Waals surface area (Å²) in [5, 5.41) is 3.35. The van der Waals surface area contributed by atoms with E-state index in [1.165, 1.54) is 12.3 Å². The van der Waals surface area contributed by atoms with Crippen molar-refractivity contribution in [2.45, 2.75) is 46.3 Å². The molecule has 0 bridgehead atoms. The van der Waals surface area contributed by atoms with Gasteiger partial charge in [0.15, 0.2) is 0 Å². The van der Waals surface area contributed by atoms with E-state index in [0.717, 1.165) is 5.69 Å². The Bertz CT molecular complexity index is 500. The molecule has 0 saturated carbocycles. The molecule has 1 rings (SSSR count). The normalized spacial score (nSPS) is 14.2. The number of pyridine rings is 1. The average molecular weight is 325 g/mol. The Hall–Kier alpha value is -1.69. The van der Waals surface area contributed by atoms with Gasteiger partial charge < -0.3 is 15.0 Å². The smallest absolute Gasteiger partial charge is 0.410 e. The summed E-state index contributed by atoms with van der Waals surface area (Å²) in [5.74, 6) is -0.0938. The maximum atomic E-state index is 12.9. The molecule has 6 heteroatoms. The average Bonchev–Trinajstić information content (AvgIpc) is 2.43. The van der Waals surface area contributed by atoms with Gasteiger partial charge in [-0.25, -0.2) is 9.18 Å². The summed E-state index contributed by atoms with van der Waals surface area (Å²) in [6.45, 7) is 10.9. The van der Waals surface area contributed by atoms with E-state index in [0.29, 0.717) is 13.1 Å². The first-order valence-electron chi connectivity index (χ1n) is 7.87. The molecule has 2 atom stereocenters. The fraction of sp³-hybridized carbons (Fsp3) is 0.647. The molecule has 1 heterocycles. The number of nitrogens with zero attached hydrogens (tertiary/aromatic N) is 2. The van der Waals surface area contributed by atoms with Crippen molar-refractivity contribution in [1.82, 2.24) is 15.2 Å². The largest absolute Gasteiger partial charge is 0.444 e. The third-order valence-corrected chi connectivity index (χ3v) is 3.26. The van der Waals surface area contributed by atoms with Gasteiger partial charge in [0.1, 0.15) is 11.4 Å². The van der Waals surface area contributed by atoms with Gasteiger partial charge in [0, 0.05) is 19.6 Å². The first-order valence-corrected chi connectivity index (χ1v) is 7.87. The highest BCUT2D eigenvalue weighted by atomic mass is 19.1. The van der Waals surface area contributed by atoms with Crippen molar-refractivity contribution in [3.8, 4) is 0 Å². The molecule has 1 N–H and O–H groups in total. The minimum Gasteiger partial charge on any atom is -0.444 e. The van der Waals surface area contributed by atoms with Gasteiger partial charge in [-0.3, -0.25) is 4.98 Å². The number of ether oxygens (including phenoxy) is 1. The van der Waals surface area contributed by atoms with Crippen LogP contribution < -0.4 is 5.32 Å². The van der Waals surface area contributed by atoms with Crippen LogP contribution in [0.5, 0.6) is 0 Å². The standard InChI is InChI=1S/C17H28FN3O2/c1-12(11-21(6)16(22)23-17(3,4)5)9-19-13(2)15-8-7-14(18)10-20-15/h7-8,10,12-13,19H,9,11H2,1-6H3. The topological polar surface area (TPSA) is 54.5 Å². The molecule has 0 aromatic carbocycles. The molecule has 0 aliphatic carbocycles. The molecule has 23 heavy (non-hydrogen) atoms. The molecule has 0 saturated heterocycles. The lowest BCUT2D eigenvalue weighted by molar-refractivity contribution is 0.0276. The third kappa shape index (κ3) is 7.41. The first kappa shape index (κ1) is 19.4. The summed E-state index contributed by atoms with van der Waals surface area (Å²) < 4.78 is 18.2. The van der Waals surface area contributed by atoms with Crippen LogP contribution in [0.2, 0.25) is 0 Å². The molecule has 2 unspecified atom stereocenters. The first-order chi connectivity index (χ1) is 10.6. The minimum absolute atomic E-state index is 0.0184. The fourth-order valence-corrected chi connectivity index (χ4v) is 2.07.